The molecule has 2 aromatic carbocycles. The molecule has 0 atom stereocenters. The fourth-order valence-electron chi connectivity index (χ4n) is 3.25. The van der Waals surface area contributed by atoms with Gasteiger partial charge < -0.3 is 10.1 Å². The molecule has 4 aromatic rings. The third-order valence-electron chi connectivity index (χ3n) is 4.94. The number of ether oxygens (including phenoxy) is 1. The Morgan fingerprint density at radius 2 is 1.97 bits per heavy atom. The molecule has 174 valence electrons. The summed E-state index contributed by atoms with van der Waals surface area (Å²) >= 11 is 8.91. The van der Waals surface area contributed by atoms with Gasteiger partial charge in [-0.05, 0) is 42.3 Å². The Morgan fingerprint density at radius 1 is 1.15 bits per heavy atom. The van der Waals surface area contributed by atoms with Crippen LogP contribution in [0.2, 0.25) is 5.02 Å². The van der Waals surface area contributed by atoms with Crippen LogP contribution in [-0.4, -0.2) is 34.2 Å². The van der Waals surface area contributed by atoms with Crippen LogP contribution in [-0.2, 0) is 9.53 Å². The van der Waals surface area contributed by atoms with Gasteiger partial charge in [-0.2, -0.15) is 0 Å². The molecule has 0 unspecified atom stereocenters. The summed E-state index contributed by atoms with van der Waals surface area (Å²) in [6, 6.07) is 14.4. The number of carbonyl (C=O) groups excluding carboxylic acids is 2. The number of thioether (sulfide) groups is 1. The maximum Gasteiger partial charge on any atom is 0.338 e. The molecule has 2 heterocycles. The van der Waals surface area contributed by atoms with E-state index in [-0.39, 0.29) is 11.7 Å². The topological polar surface area (TPSA) is 81.2 Å². The number of esters is 1. The molecule has 0 spiro atoms. The molecule has 0 fully saturated rings. The number of hydrogen-bond donors (Lipinski definition) is 1. The van der Waals surface area contributed by atoms with Crippen LogP contribution in [0.1, 0.15) is 30.1 Å². The number of nitrogens with one attached hydrogen (secondary N) is 1. The molecule has 0 saturated carbocycles. The molecule has 0 saturated heterocycles. The van der Waals surface area contributed by atoms with Crippen molar-refractivity contribution in [3.05, 3.63) is 70.8 Å². The van der Waals surface area contributed by atoms with E-state index in [9.17, 15) is 9.59 Å². The lowest BCUT2D eigenvalue weighted by Crippen LogP contribution is -2.15. The van der Waals surface area contributed by atoms with Gasteiger partial charge in [0.2, 0.25) is 5.91 Å². The summed E-state index contributed by atoms with van der Waals surface area (Å²) < 4.78 is 5.24. The quantitative estimate of drug-likeness (QED) is 0.116. The summed E-state index contributed by atoms with van der Waals surface area (Å²) in [4.78, 5) is 34.5. The first kappa shape index (κ1) is 24.2. The minimum atomic E-state index is -0.394. The zero-order chi connectivity index (χ0) is 23.9. The van der Waals surface area contributed by atoms with Gasteiger partial charge in [-0.1, -0.05) is 54.9 Å². The number of hydrogen-bond acceptors (Lipinski definition) is 7. The van der Waals surface area contributed by atoms with Crippen LogP contribution in [0.15, 0.2) is 65.3 Å². The molecule has 0 aliphatic carbocycles. The van der Waals surface area contributed by atoms with Crippen molar-refractivity contribution in [2.45, 2.75) is 24.8 Å². The molecular weight excluding hydrogens is 490 g/mol. The zero-order valence-electron chi connectivity index (χ0n) is 18.4. The van der Waals surface area contributed by atoms with Crippen LogP contribution in [0.3, 0.4) is 0 Å². The monoisotopic (exact) mass is 511 g/mol. The average molecular weight is 512 g/mol. The van der Waals surface area contributed by atoms with Crippen molar-refractivity contribution in [1.29, 1.82) is 0 Å². The van der Waals surface area contributed by atoms with Gasteiger partial charge in [0, 0.05) is 21.7 Å². The molecule has 1 amide bonds. The van der Waals surface area contributed by atoms with Crippen molar-refractivity contribution in [3.8, 4) is 11.1 Å². The normalized spacial score (nSPS) is 10.9. The first-order valence-electron chi connectivity index (χ1n) is 10.7. The molecule has 2 aromatic heterocycles. The summed E-state index contributed by atoms with van der Waals surface area (Å²) in [6.45, 7) is 2.42. The van der Waals surface area contributed by atoms with E-state index in [0.717, 1.165) is 39.2 Å². The highest BCUT2D eigenvalue weighted by Crippen LogP contribution is 2.38. The van der Waals surface area contributed by atoms with E-state index in [1.807, 2.05) is 36.6 Å². The Morgan fingerprint density at radius 3 is 2.76 bits per heavy atom. The summed E-state index contributed by atoms with van der Waals surface area (Å²) in [5.41, 5.74) is 2.97. The zero-order valence-corrected chi connectivity index (χ0v) is 20.8. The van der Waals surface area contributed by atoms with Gasteiger partial charge in [-0.3, -0.25) is 4.79 Å². The maximum atomic E-state index is 12.6. The molecule has 0 radical (unpaired) electrons. The Labute approximate surface area is 210 Å². The molecule has 0 aliphatic heterocycles. The number of fused-ring (bicyclic) bond motifs is 1. The molecule has 34 heavy (non-hydrogen) atoms. The van der Waals surface area contributed by atoms with Crippen molar-refractivity contribution in [1.82, 2.24) is 9.97 Å². The second-order valence-electron chi connectivity index (χ2n) is 7.42. The number of nitrogens with zero attached hydrogens (tertiary/aromatic N) is 2. The molecular formula is C25H22ClN3O3S2. The third-order valence-corrected chi connectivity index (χ3v) is 7.07. The van der Waals surface area contributed by atoms with Crippen LogP contribution in [0, 0.1) is 0 Å². The largest absolute Gasteiger partial charge is 0.462 e. The van der Waals surface area contributed by atoms with E-state index >= 15 is 0 Å². The lowest BCUT2D eigenvalue weighted by atomic mass is 10.1. The van der Waals surface area contributed by atoms with Crippen LogP contribution in [0.4, 0.5) is 5.69 Å². The Hall–Kier alpha value is -2.94. The van der Waals surface area contributed by atoms with E-state index in [1.165, 1.54) is 29.4 Å². The minimum Gasteiger partial charge on any atom is -0.462 e. The highest BCUT2D eigenvalue weighted by molar-refractivity contribution is 8.00. The minimum absolute atomic E-state index is 0.160. The van der Waals surface area contributed by atoms with E-state index in [0.29, 0.717) is 22.9 Å². The fraction of sp³-hybridized carbons (Fsp3) is 0.200. The first-order valence-corrected chi connectivity index (χ1v) is 13.0. The molecule has 1 N–H and O–H groups in total. The van der Waals surface area contributed by atoms with Gasteiger partial charge in [0.15, 0.2) is 0 Å². The number of aromatic nitrogens is 2. The van der Waals surface area contributed by atoms with Crippen molar-refractivity contribution >= 4 is 62.5 Å². The van der Waals surface area contributed by atoms with Crippen molar-refractivity contribution in [3.63, 3.8) is 0 Å². The summed E-state index contributed by atoms with van der Waals surface area (Å²) in [5, 5.41) is 7.21. The SMILES string of the molecule is CCCCOC(=O)c1cccc(NC(=O)CSc2ncnc3scc(-c4ccc(Cl)cc4)c23)c1. The number of carbonyl (C=O) groups is 2. The Bertz CT molecular complexity index is 1310. The highest BCUT2D eigenvalue weighted by atomic mass is 35.5. The standard InChI is InChI=1S/C25H22ClN3O3S2/c1-2-3-11-32-25(31)17-5-4-6-19(12-17)29-21(30)14-34-24-22-20(13-33-23(22)27-15-28-24)16-7-9-18(26)10-8-16/h4-10,12-13,15H,2-3,11,14H2,1H3,(H,29,30). The molecule has 9 heteroatoms. The number of unbranched alkanes of at least 4 members (excludes halogenated alkanes) is 1. The van der Waals surface area contributed by atoms with Crippen molar-refractivity contribution in [2.75, 3.05) is 17.7 Å². The molecule has 6 nitrogen and oxygen atoms in total. The van der Waals surface area contributed by atoms with Gasteiger partial charge in [-0.25, -0.2) is 14.8 Å². The smallest absolute Gasteiger partial charge is 0.338 e. The number of amides is 1. The maximum absolute atomic E-state index is 12.6. The van der Waals surface area contributed by atoms with Gasteiger partial charge in [0.1, 0.15) is 16.2 Å². The highest BCUT2D eigenvalue weighted by Gasteiger charge is 2.15. The van der Waals surface area contributed by atoms with E-state index in [2.05, 4.69) is 15.3 Å². The molecule has 0 bridgehead atoms. The van der Waals surface area contributed by atoms with Crippen molar-refractivity contribution in [2.24, 2.45) is 0 Å². The van der Waals surface area contributed by atoms with Crippen LogP contribution >= 0.6 is 34.7 Å². The second kappa shape index (κ2) is 11.5. The number of thiophene rings is 1. The predicted molar refractivity (Wildman–Crippen MR) is 139 cm³/mol. The van der Waals surface area contributed by atoms with Gasteiger partial charge in [-0.15, -0.1) is 11.3 Å². The molecule has 4 rings (SSSR count). The van der Waals surface area contributed by atoms with Crippen molar-refractivity contribution < 1.29 is 14.3 Å². The Kier molecular flexibility index (Phi) is 8.16. The number of rotatable bonds is 9. The summed E-state index contributed by atoms with van der Waals surface area (Å²) in [7, 11) is 0. The van der Waals surface area contributed by atoms with E-state index in [1.54, 1.807) is 24.3 Å². The number of anilines is 1. The number of halogens is 1. The predicted octanol–water partition coefficient (Wildman–Crippen LogP) is 6.70. The van der Waals surface area contributed by atoms with Gasteiger partial charge in [0.05, 0.1) is 23.3 Å². The summed E-state index contributed by atoms with van der Waals surface area (Å²) in [5.74, 6) is -0.432. The first-order chi connectivity index (χ1) is 16.5. The third kappa shape index (κ3) is 5.94. The lowest BCUT2D eigenvalue weighted by molar-refractivity contribution is -0.113. The average Bonchev–Trinajstić information content (AvgIpc) is 3.28. The fourth-order valence-corrected chi connectivity index (χ4v) is 5.17. The number of benzene rings is 2. The summed E-state index contributed by atoms with van der Waals surface area (Å²) in [6.07, 6.45) is 3.28. The lowest BCUT2D eigenvalue weighted by Gasteiger charge is -2.08. The van der Waals surface area contributed by atoms with Gasteiger partial charge in [0.25, 0.3) is 0 Å². The van der Waals surface area contributed by atoms with E-state index < -0.39 is 5.97 Å². The second-order valence-corrected chi connectivity index (χ2v) is 9.68. The van der Waals surface area contributed by atoms with Crippen LogP contribution < -0.4 is 5.32 Å². The Balaban J connectivity index is 1.44. The van der Waals surface area contributed by atoms with Crippen LogP contribution in [0.5, 0.6) is 0 Å². The van der Waals surface area contributed by atoms with E-state index in [4.69, 9.17) is 16.3 Å². The van der Waals surface area contributed by atoms with Crippen LogP contribution in [0.25, 0.3) is 21.3 Å². The van der Waals surface area contributed by atoms with Gasteiger partial charge >= 0.3 is 5.97 Å². The molecule has 0 aliphatic rings.